The fourth-order valence-corrected chi connectivity index (χ4v) is 2.62. The number of amides is 1. The Morgan fingerprint density at radius 1 is 1.40 bits per heavy atom. The SMILES string of the molecule is COC(=O)C1CC(O)CN1C(=O)c1c(C)nn(C)c1C. The average Bonchev–Trinajstić information content (AvgIpc) is 2.90. The second kappa shape index (κ2) is 5.24. The lowest BCUT2D eigenvalue weighted by Crippen LogP contribution is -2.41. The molecule has 20 heavy (non-hydrogen) atoms. The Kier molecular flexibility index (Phi) is 3.80. The molecule has 1 aromatic rings. The number of aryl methyl sites for hydroxylation is 2. The fourth-order valence-electron chi connectivity index (χ4n) is 2.62. The summed E-state index contributed by atoms with van der Waals surface area (Å²) < 4.78 is 6.33. The number of hydrogen-bond acceptors (Lipinski definition) is 5. The number of carbonyl (C=O) groups is 2. The lowest BCUT2D eigenvalue weighted by atomic mass is 10.1. The molecule has 110 valence electrons. The first-order chi connectivity index (χ1) is 9.36. The van der Waals surface area contributed by atoms with E-state index in [1.54, 1.807) is 25.6 Å². The standard InChI is InChI=1S/C13H19N3O4/c1-7-11(8(2)15(3)14-7)12(18)16-6-9(17)5-10(16)13(19)20-4/h9-10,17H,5-6H2,1-4H3. The van der Waals surface area contributed by atoms with E-state index in [0.717, 1.165) is 5.69 Å². The average molecular weight is 281 g/mol. The van der Waals surface area contributed by atoms with Gasteiger partial charge in [-0.05, 0) is 13.8 Å². The Labute approximate surface area is 117 Å². The zero-order chi connectivity index (χ0) is 15.0. The number of likely N-dealkylation sites (tertiary alicyclic amines) is 1. The molecule has 1 saturated heterocycles. The van der Waals surface area contributed by atoms with Crippen molar-refractivity contribution in [1.29, 1.82) is 0 Å². The van der Waals surface area contributed by atoms with E-state index in [4.69, 9.17) is 4.74 Å². The largest absolute Gasteiger partial charge is 0.467 e. The lowest BCUT2D eigenvalue weighted by Gasteiger charge is -2.22. The first-order valence-corrected chi connectivity index (χ1v) is 6.43. The number of aliphatic hydroxyl groups is 1. The predicted molar refractivity (Wildman–Crippen MR) is 70.1 cm³/mol. The van der Waals surface area contributed by atoms with Gasteiger partial charge in [-0.1, -0.05) is 0 Å². The van der Waals surface area contributed by atoms with Crippen LogP contribution < -0.4 is 0 Å². The smallest absolute Gasteiger partial charge is 0.328 e. The number of aromatic nitrogens is 2. The van der Waals surface area contributed by atoms with E-state index in [2.05, 4.69) is 5.10 Å². The molecule has 7 nitrogen and oxygen atoms in total. The van der Waals surface area contributed by atoms with E-state index in [1.165, 1.54) is 12.0 Å². The molecule has 1 aliphatic heterocycles. The van der Waals surface area contributed by atoms with E-state index in [9.17, 15) is 14.7 Å². The van der Waals surface area contributed by atoms with Crippen molar-refractivity contribution in [2.45, 2.75) is 32.4 Å². The van der Waals surface area contributed by atoms with E-state index in [0.29, 0.717) is 11.3 Å². The molecular formula is C13H19N3O4. The molecule has 2 rings (SSSR count). The van der Waals surface area contributed by atoms with Gasteiger partial charge in [-0.3, -0.25) is 9.48 Å². The maximum absolute atomic E-state index is 12.6. The van der Waals surface area contributed by atoms with Gasteiger partial charge in [0, 0.05) is 25.7 Å². The van der Waals surface area contributed by atoms with Crippen LogP contribution in [-0.2, 0) is 16.6 Å². The molecule has 1 aliphatic rings. The molecule has 2 heterocycles. The molecule has 7 heteroatoms. The van der Waals surface area contributed by atoms with Crippen LogP contribution in [0.15, 0.2) is 0 Å². The molecule has 0 saturated carbocycles. The molecule has 2 atom stereocenters. The molecule has 1 amide bonds. The van der Waals surface area contributed by atoms with Crippen LogP contribution in [0.25, 0.3) is 0 Å². The lowest BCUT2D eigenvalue weighted by molar-refractivity contribution is -0.145. The Balaban J connectivity index is 2.34. The number of esters is 1. The molecular weight excluding hydrogens is 262 g/mol. The minimum atomic E-state index is -0.735. The van der Waals surface area contributed by atoms with Crippen LogP contribution in [0.2, 0.25) is 0 Å². The molecule has 1 N–H and O–H groups in total. The number of nitrogens with zero attached hydrogens (tertiary/aromatic N) is 3. The van der Waals surface area contributed by atoms with Crippen molar-refractivity contribution >= 4 is 11.9 Å². The monoisotopic (exact) mass is 281 g/mol. The van der Waals surface area contributed by atoms with Gasteiger partial charge in [-0.15, -0.1) is 0 Å². The molecule has 1 fully saturated rings. The number of methoxy groups -OCH3 is 1. The summed E-state index contributed by atoms with van der Waals surface area (Å²) in [5, 5.41) is 13.9. The second-order valence-electron chi connectivity index (χ2n) is 5.06. The molecule has 0 bridgehead atoms. The van der Waals surface area contributed by atoms with Gasteiger partial charge < -0.3 is 14.7 Å². The molecule has 1 aromatic heterocycles. The third-order valence-electron chi connectivity index (χ3n) is 3.74. The number of β-amino-alcohol motifs (C(OH)–C–C–N with tert-alkyl or cyclic N) is 1. The summed E-state index contributed by atoms with van der Waals surface area (Å²) in [7, 11) is 3.03. The minimum absolute atomic E-state index is 0.131. The van der Waals surface area contributed by atoms with Gasteiger partial charge in [0.2, 0.25) is 0 Å². The first-order valence-electron chi connectivity index (χ1n) is 6.43. The van der Waals surface area contributed by atoms with E-state index < -0.39 is 18.1 Å². The van der Waals surface area contributed by atoms with Gasteiger partial charge in [0.05, 0.1) is 24.5 Å². The Morgan fingerprint density at radius 3 is 2.55 bits per heavy atom. The number of carbonyl (C=O) groups excluding carboxylic acids is 2. The van der Waals surface area contributed by atoms with Crippen molar-refractivity contribution in [2.24, 2.45) is 7.05 Å². The van der Waals surface area contributed by atoms with Crippen LogP contribution in [0, 0.1) is 13.8 Å². The maximum atomic E-state index is 12.6. The third-order valence-corrected chi connectivity index (χ3v) is 3.74. The highest BCUT2D eigenvalue weighted by molar-refractivity contribution is 5.99. The van der Waals surface area contributed by atoms with Gasteiger partial charge in [-0.2, -0.15) is 5.10 Å². The summed E-state index contributed by atoms with van der Waals surface area (Å²) >= 11 is 0. The Hall–Kier alpha value is -1.89. The van der Waals surface area contributed by atoms with Crippen LogP contribution in [0.3, 0.4) is 0 Å². The quantitative estimate of drug-likeness (QED) is 0.758. The number of ether oxygens (including phenoxy) is 1. The van der Waals surface area contributed by atoms with Gasteiger partial charge in [0.1, 0.15) is 6.04 Å². The van der Waals surface area contributed by atoms with Gasteiger partial charge in [0.15, 0.2) is 0 Å². The molecule has 0 radical (unpaired) electrons. The molecule has 0 aliphatic carbocycles. The van der Waals surface area contributed by atoms with Crippen molar-refractivity contribution in [3.8, 4) is 0 Å². The Morgan fingerprint density at radius 2 is 2.05 bits per heavy atom. The summed E-state index contributed by atoms with van der Waals surface area (Å²) in [6, 6.07) is -0.735. The van der Waals surface area contributed by atoms with E-state index >= 15 is 0 Å². The highest BCUT2D eigenvalue weighted by atomic mass is 16.5. The highest BCUT2D eigenvalue weighted by Crippen LogP contribution is 2.24. The number of rotatable bonds is 2. The third kappa shape index (κ3) is 2.29. The van der Waals surface area contributed by atoms with Crippen LogP contribution in [0.4, 0.5) is 0 Å². The van der Waals surface area contributed by atoms with Crippen molar-refractivity contribution in [1.82, 2.24) is 14.7 Å². The minimum Gasteiger partial charge on any atom is -0.467 e. The maximum Gasteiger partial charge on any atom is 0.328 e. The Bertz CT molecular complexity index is 552. The van der Waals surface area contributed by atoms with E-state index in [-0.39, 0.29) is 18.9 Å². The summed E-state index contributed by atoms with van der Waals surface area (Å²) in [6.07, 6.45) is -0.503. The predicted octanol–water partition coefficient (Wildman–Crippen LogP) is -0.215. The van der Waals surface area contributed by atoms with Crippen LogP contribution in [0.5, 0.6) is 0 Å². The number of aliphatic hydroxyl groups excluding tert-OH is 1. The zero-order valence-electron chi connectivity index (χ0n) is 12.1. The normalized spacial score (nSPS) is 22.1. The first kappa shape index (κ1) is 14.5. The summed E-state index contributed by atoms with van der Waals surface area (Å²) in [5.41, 5.74) is 1.83. The summed E-state index contributed by atoms with van der Waals surface area (Å²) in [5.74, 6) is -0.797. The highest BCUT2D eigenvalue weighted by Gasteiger charge is 2.41. The molecule has 2 unspecified atom stereocenters. The topological polar surface area (TPSA) is 84.7 Å². The number of hydrogen-bond donors (Lipinski definition) is 1. The van der Waals surface area contributed by atoms with E-state index in [1.807, 2.05) is 0 Å². The van der Waals surface area contributed by atoms with Crippen molar-refractivity contribution in [3.05, 3.63) is 17.0 Å². The second-order valence-corrected chi connectivity index (χ2v) is 5.06. The van der Waals surface area contributed by atoms with Gasteiger partial charge in [-0.25, -0.2) is 4.79 Å². The van der Waals surface area contributed by atoms with Crippen LogP contribution in [0.1, 0.15) is 28.2 Å². The molecule has 0 aromatic carbocycles. The van der Waals surface area contributed by atoms with Gasteiger partial charge >= 0.3 is 5.97 Å². The van der Waals surface area contributed by atoms with Crippen molar-refractivity contribution in [3.63, 3.8) is 0 Å². The van der Waals surface area contributed by atoms with Gasteiger partial charge in [0.25, 0.3) is 5.91 Å². The van der Waals surface area contributed by atoms with Crippen molar-refractivity contribution < 1.29 is 19.4 Å². The van der Waals surface area contributed by atoms with Crippen molar-refractivity contribution in [2.75, 3.05) is 13.7 Å². The fraction of sp³-hybridized carbons (Fsp3) is 0.615. The molecule has 0 spiro atoms. The van der Waals surface area contributed by atoms with Crippen LogP contribution >= 0.6 is 0 Å². The zero-order valence-corrected chi connectivity index (χ0v) is 12.1. The summed E-state index contributed by atoms with van der Waals surface area (Å²) in [6.45, 7) is 3.68. The summed E-state index contributed by atoms with van der Waals surface area (Å²) in [4.78, 5) is 25.7. The van der Waals surface area contributed by atoms with Crippen LogP contribution in [-0.4, -0.2) is 57.5 Å².